The number of hydrogen-bond donors (Lipinski definition) is 0. The van der Waals surface area contributed by atoms with E-state index in [1.54, 1.807) is 0 Å². The lowest BCUT2D eigenvalue weighted by Crippen LogP contribution is -2.25. The molecule has 96 valence electrons. The molecular weight excluding hydrogens is 246 g/mol. The lowest BCUT2D eigenvalue weighted by molar-refractivity contribution is -0.404. The zero-order chi connectivity index (χ0) is 13.3. The zero-order valence-corrected chi connectivity index (χ0v) is 9.18. The SMILES string of the molecule is O=C1CCCCC1n1nc([N+](=O)[O-])nc1[N+](=O)[O-]. The van der Waals surface area contributed by atoms with Gasteiger partial charge in [0.15, 0.2) is 11.8 Å². The highest BCUT2D eigenvalue weighted by atomic mass is 16.6. The van der Waals surface area contributed by atoms with Gasteiger partial charge >= 0.3 is 11.9 Å². The van der Waals surface area contributed by atoms with E-state index in [9.17, 15) is 25.0 Å². The van der Waals surface area contributed by atoms with Gasteiger partial charge in [0.2, 0.25) is 0 Å². The van der Waals surface area contributed by atoms with Gasteiger partial charge in [0.1, 0.15) is 0 Å². The Balaban J connectivity index is 2.44. The van der Waals surface area contributed by atoms with Crippen LogP contribution < -0.4 is 0 Å². The van der Waals surface area contributed by atoms with Gasteiger partial charge in [-0.1, -0.05) is 4.68 Å². The fourth-order valence-corrected chi connectivity index (χ4v) is 1.94. The van der Waals surface area contributed by atoms with Crippen LogP contribution in [-0.2, 0) is 4.79 Å². The molecule has 18 heavy (non-hydrogen) atoms. The van der Waals surface area contributed by atoms with Crippen molar-refractivity contribution in [2.24, 2.45) is 0 Å². The maximum atomic E-state index is 11.7. The van der Waals surface area contributed by atoms with Gasteiger partial charge in [0.25, 0.3) is 0 Å². The Labute approximate surface area is 99.9 Å². The quantitative estimate of drug-likeness (QED) is 0.575. The van der Waals surface area contributed by atoms with Crippen LogP contribution in [-0.4, -0.2) is 30.4 Å². The molecule has 0 amide bonds. The van der Waals surface area contributed by atoms with E-state index in [2.05, 4.69) is 10.1 Å². The van der Waals surface area contributed by atoms with Crippen molar-refractivity contribution >= 4 is 17.7 Å². The largest absolute Gasteiger partial charge is 0.508 e. The van der Waals surface area contributed by atoms with Gasteiger partial charge < -0.3 is 20.2 Å². The first kappa shape index (κ1) is 12.1. The highest BCUT2D eigenvalue weighted by Crippen LogP contribution is 2.28. The number of carbonyl (C=O) groups excluding carboxylic acids is 1. The second kappa shape index (κ2) is 4.47. The van der Waals surface area contributed by atoms with Gasteiger partial charge in [-0.05, 0) is 29.1 Å². The lowest BCUT2D eigenvalue weighted by atomic mass is 9.94. The number of aromatic nitrogens is 3. The normalized spacial score (nSPS) is 19.8. The number of nitro groups is 2. The third-order valence-electron chi connectivity index (χ3n) is 2.75. The van der Waals surface area contributed by atoms with E-state index in [0.29, 0.717) is 12.8 Å². The Morgan fingerprint density at radius 1 is 1.22 bits per heavy atom. The standard InChI is InChI=1S/C8H9N5O5/c14-6-4-2-1-3-5(6)11-8(13(17)18)9-7(10-11)12(15)16/h5H,1-4H2. The topological polar surface area (TPSA) is 134 Å². The number of hydrogen-bond acceptors (Lipinski definition) is 7. The van der Waals surface area contributed by atoms with Crippen molar-refractivity contribution in [1.82, 2.24) is 14.8 Å². The molecule has 1 aromatic heterocycles. The number of rotatable bonds is 3. The Hall–Kier alpha value is -2.39. The summed E-state index contributed by atoms with van der Waals surface area (Å²) in [5, 5.41) is 24.7. The van der Waals surface area contributed by atoms with Gasteiger partial charge in [-0.15, -0.1) is 0 Å². The maximum absolute atomic E-state index is 11.7. The average Bonchev–Trinajstić information content (AvgIpc) is 2.74. The van der Waals surface area contributed by atoms with Crippen LogP contribution in [0.25, 0.3) is 0 Å². The summed E-state index contributed by atoms with van der Waals surface area (Å²) in [5.74, 6) is -1.83. The van der Waals surface area contributed by atoms with Crippen molar-refractivity contribution < 1.29 is 14.6 Å². The van der Waals surface area contributed by atoms with Crippen LogP contribution in [0.5, 0.6) is 0 Å². The molecule has 0 N–H and O–H groups in total. The molecule has 0 spiro atoms. The molecule has 1 aromatic rings. The van der Waals surface area contributed by atoms with E-state index < -0.39 is 27.8 Å². The van der Waals surface area contributed by atoms with Crippen LogP contribution in [0.1, 0.15) is 31.7 Å². The second-order valence-electron chi connectivity index (χ2n) is 3.90. The van der Waals surface area contributed by atoms with E-state index in [4.69, 9.17) is 0 Å². The minimum atomic E-state index is -0.920. The summed E-state index contributed by atoms with van der Waals surface area (Å²) in [6.45, 7) is 0. The lowest BCUT2D eigenvalue weighted by Gasteiger charge is -2.15. The summed E-state index contributed by atoms with van der Waals surface area (Å²) >= 11 is 0. The summed E-state index contributed by atoms with van der Waals surface area (Å²) in [7, 11) is 0. The summed E-state index contributed by atoms with van der Waals surface area (Å²) in [4.78, 5) is 34.4. The third kappa shape index (κ3) is 2.04. The molecule has 1 unspecified atom stereocenters. The minimum Gasteiger partial charge on any atom is -0.390 e. The van der Waals surface area contributed by atoms with Crippen molar-refractivity contribution in [3.8, 4) is 0 Å². The number of nitrogens with zero attached hydrogens (tertiary/aromatic N) is 5. The van der Waals surface area contributed by atoms with Gasteiger partial charge in [0, 0.05) is 11.4 Å². The van der Waals surface area contributed by atoms with Crippen LogP contribution >= 0.6 is 0 Å². The fourth-order valence-electron chi connectivity index (χ4n) is 1.94. The first-order chi connectivity index (χ1) is 8.50. The molecule has 1 aliphatic carbocycles. The Kier molecular flexibility index (Phi) is 3.00. The van der Waals surface area contributed by atoms with E-state index in [-0.39, 0.29) is 5.78 Å². The van der Waals surface area contributed by atoms with Gasteiger partial charge in [-0.3, -0.25) is 4.79 Å². The average molecular weight is 255 g/mol. The summed E-state index contributed by atoms with van der Waals surface area (Å²) in [6.07, 6.45) is 2.14. The molecule has 1 saturated carbocycles. The van der Waals surface area contributed by atoms with E-state index in [0.717, 1.165) is 17.5 Å². The molecule has 1 aliphatic rings. The Morgan fingerprint density at radius 2 is 1.94 bits per heavy atom. The molecule has 0 bridgehead atoms. The fraction of sp³-hybridized carbons (Fsp3) is 0.625. The molecule has 10 heteroatoms. The minimum absolute atomic E-state index is 0.204. The molecule has 0 aliphatic heterocycles. The van der Waals surface area contributed by atoms with Crippen molar-refractivity contribution in [1.29, 1.82) is 0 Å². The van der Waals surface area contributed by atoms with Gasteiger partial charge in [-0.25, -0.2) is 0 Å². The summed E-state index contributed by atoms with van der Waals surface area (Å²) in [5.41, 5.74) is 0. The molecule has 10 nitrogen and oxygen atoms in total. The molecular formula is C8H9N5O5. The van der Waals surface area contributed by atoms with Crippen molar-refractivity contribution in [3.63, 3.8) is 0 Å². The molecule has 0 radical (unpaired) electrons. The van der Waals surface area contributed by atoms with Crippen LogP contribution in [0, 0.1) is 20.2 Å². The first-order valence-corrected chi connectivity index (χ1v) is 5.28. The highest BCUT2D eigenvalue weighted by Gasteiger charge is 2.38. The molecule has 1 atom stereocenters. The molecule has 1 fully saturated rings. The van der Waals surface area contributed by atoms with E-state index in [1.165, 1.54) is 0 Å². The highest BCUT2D eigenvalue weighted by molar-refractivity contribution is 5.83. The van der Waals surface area contributed by atoms with Crippen molar-refractivity contribution in [2.45, 2.75) is 31.7 Å². The van der Waals surface area contributed by atoms with E-state index in [1.807, 2.05) is 0 Å². The summed E-state index contributed by atoms with van der Waals surface area (Å²) < 4.78 is 0.764. The number of carbonyl (C=O) groups is 1. The zero-order valence-electron chi connectivity index (χ0n) is 9.18. The number of ketones is 1. The predicted octanol–water partition coefficient (Wildman–Crippen LogP) is 0.779. The van der Waals surface area contributed by atoms with Crippen LogP contribution in [0.2, 0.25) is 0 Å². The molecule has 2 rings (SSSR count). The summed E-state index contributed by atoms with van der Waals surface area (Å²) in [6, 6.07) is -0.819. The van der Waals surface area contributed by atoms with E-state index >= 15 is 0 Å². The monoisotopic (exact) mass is 255 g/mol. The van der Waals surface area contributed by atoms with Crippen molar-refractivity contribution in [2.75, 3.05) is 0 Å². The smallest absolute Gasteiger partial charge is 0.390 e. The first-order valence-electron chi connectivity index (χ1n) is 5.28. The van der Waals surface area contributed by atoms with Crippen molar-refractivity contribution in [3.05, 3.63) is 20.2 Å². The molecule has 0 aromatic carbocycles. The van der Waals surface area contributed by atoms with Crippen LogP contribution in [0.15, 0.2) is 0 Å². The predicted molar refractivity (Wildman–Crippen MR) is 55.8 cm³/mol. The van der Waals surface area contributed by atoms with Crippen LogP contribution in [0.4, 0.5) is 11.9 Å². The Bertz CT molecular complexity index is 524. The maximum Gasteiger partial charge on any atom is 0.508 e. The van der Waals surface area contributed by atoms with Crippen LogP contribution in [0.3, 0.4) is 0 Å². The Morgan fingerprint density at radius 3 is 2.50 bits per heavy atom. The van der Waals surface area contributed by atoms with Gasteiger partial charge in [-0.2, -0.15) is 0 Å². The third-order valence-corrected chi connectivity index (χ3v) is 2.75. The molecule has 0 saturated heterocycles. The molecule has 1 heterocycles. The van der Waals surface area contributed by atoms with Gasteiger partial charge in [0.05, 0.1) is 5.10 Å². The second-order valence-corrected chi connectivity index (χ2v) is 3.90. The number of Topliss-reactive ketones (excluding diaryl/α,β-unsaturated/α-hetero) is 1.